The molecular weight excluding hydrogens is 404 g/mol. The summed E-state index contributed by atoms with van der Waals surface area (Å²) in [4.78, 5) is 4.68. The molecule has 150 valence electrons. The van der Waals surface area contributed by atoms with Gasteiger partial charge in [-0.1, -0.05) is 79.8 Å². The van der Waals surface area contributed by atoms with Crippen LogP contribution in [0.3, 0.4) is 0 Å². The first-order valence-corrected chi connectivity index (χ1v) is 12.0. The fourth-order valence-electron chi connectivity index (χ4n) is 4.18. The molecule has 3 heterocycles. The molecule has 30 heavy (non-hydrogen) atoms. The lowest BCUT2D eigenvalue weighted by Crippen LogP contribution is -2.46. The average molecular weight is 430 g/mol. The third kappa shape index (κ3) is 3.90. The summed E-state index contributed by atoms with van der Waals surface area (Å²) in [6, 6.07) is 15.1. The molecule has 0 unspecified atom stereocenters. The van der Waals surface area contributed by atoms with Gasteiger partial charge in [-0.15, -0.1) is 11.3 Å². The third-order valence-corrected chi connectivity index (χ3v) is 7.60. The van der Waals surface area contributed by atoms with Crippen LogP contribution >= 0.6 is 22.7 Å². The number of rotatable bonds is 5. The van der Waals surface area contributed by atoms with Crippen LogP contribution in [-0.4, -0.2) is 4.98 Å². The molecule has 5 rings (SSSR count). The molecule has 0 fully saturated rings. The summed E-state index contributed by atoms with van der Waals surface area (Å²) in [6.45, 7) is 5.81. The molecule has 0 amide bonds. The van der Waals surface area contributed by atoms with Gasteiger partial charge in [0.1, 0.15) is 4.70 Å². The second kappa shape index (κ2) is 7.93. The van der Waals surface area contributed by atoms with Gasteiger partial charge in [-0.3, -0.25) is 0 Å². The molecule has 0 N–H and O–H groups in total. The number of hydrogen-bond acceptors (Lipinski definition) is 3. The van der Waals surface area contributed by atoms with E-state index in [2.05, 4.69) is 96.3 Å². The van der Waals surface area contributed by atoms with Crippen LogP contribution in [-0.2, 0) is 19.4 Å². The highest BCUT2D eigenvalue weighted by molar-refractivity contribution is 7.19. The van der Waals surface area contributed by atoms with Crippen LogP contribution in [0.15, 0.2) is 72.8 Å². The van der Waals surface area contributed by atoms with Crippen LogP contribution in [0, 0.1) is 5.41 Å². The molecule has 0 radical (unpaired) electrons. The Morgan fingerprint density at radius 1 is 0.967 bits per heavy atom. The minimum Gasteiger partial charge on any atom is -0.241 e. The zero-order valence-electron chi connectivity index (χ0n) is 17.3. The highest BCUT2D eigenvalue weighted by Crippen LogP contribution is 2.34. The first-order chi connectivity index (χ1) is 14.6. The largest absolute Gasteiger partial charge is 0.262 e. The van der Waals surface area contributed by atoms with E-state index < -0.39 is 0 Å². The van der Waals surface area contributed by atoms with Crippen molar-refractivity contribution < 1.29 is 4.57 Å². The van der Waals surface area contributed by atoms with E-state index in [1.165, 1.54) is 25.5 Å². The van der Waals surface area contributed by atoms with Crippen molar-refractivity contribution in [2.24, 2.45) is 5.41 Å². The van der Waals surface area contributed by atoms with Crippen LogP contribution in [0.1, 0.15) is 29.4 Å². The maximum absolute atomic E-state index is 4.68. The van der Waals surface area contributed by atoms with Gasteiger partial charge in [0, 0.05) is 23.5 Å². The quantitative estimate of drug-likeness (QED) is 0.253. The minimum absolute atomic E-state index is 0.300. The molecule has 4 heteroatoms. The monoisotopic (exact) mass is 429 g/mol. The lowest BCUT2D eigenvalue weighted by molar-refractivity contribution is -0.685. The summed E-state index contributed by atoms with van der Waals surface area (Å²) < 4.78 is 5.16. The van der Waals surface area contributed by atoms with Crippen LogP contribution in [0.25, 0.3) is 26.5 Å². The van der Waals surface area contributed by atoms with Gasteiger partial charge in [0.25, 0.3) is 5.01 Å². The van der Waals surface area contributed by atoms with E-state index in [-0.39, 0.29) is 0 Å². The summed E-state index contributed by atoms with van der Waals surface area (Å²) in [6.07, 6.45) is 14.9. The van der Waals surface area contributed by atoms with Crippen LogP contribution in [0.5, 0.6) is 0 Å². The first kappa shape index (κ1) is 19.4. The molecule has 2 nitrogen and oxygen atoms in total. The SMILES string of the molecule is CC1(C)Cc2cccc3sc(C=CC=CC=CCc4nc5ccccc5s4)[n+](c23)C1. The normalized spacial score (nSPS) is 16.1. The number of fused-ring (bicyclic) bond motifs is 1. The molecule has 0 saturated heterocycles. The second-order valence-corrected chi connectivity index (χ2v) is 10.8. The first-order valence-electron chi connectivity index (χ1n) is 10.4. The molecule has 0 saturated carbocycles. The van der Waals surface area contributed by atoms with Crippen molar-refractivity contribution in [3.8, 4) is 0 Å². The summed E-state index contributed by atoms with van der Waals surface area (Å²) in [5.74, 6) is 0. The van der Waals surface area contributed by atoms with Crippen molar-refractivity contribution >= 4 is 49.2 Å². The Balaban J connectivity index is 1.27. The molecule has 0 atom stereocenters. The van der Waals surface area contributed by atoms with Gasteiger partial charge in [0.15, 0.2) is 6.54 Å². The van der Waals surface area contributed by atoms with E-state index >= 15 is 0 Å². The molecule has 0 spiro atoms. The molecule has 4 aromatic rings. The molecular formula is C26H25N2S2+. The van der Waals surface area contributed by atoms with E-state index in [1.54, 1.807) is 11.3 Å². The van der Waals surface area contributed by atoms with Gasteiger partial charge in [0.2, 0.25) is 5.52 Å². The topological polar surface area (TPSA) is 16.8 Å². The van der Waals surface area contributed by atoms with Gasteiger partial charge in [-0.25, -0.2) is 4.98 Å². The maximum atomic E-state index is 4.68. The van der Waals surface area contributed by atoms with Gasteiger partial charge in [0.05, 0.1) is 15.2 Å². The summed E-state index contributed by atoms with van der Waals surface area (Å²) >= 11 is 3.66. The van der Waals surface area contributed by atoms with Gasteiger partial charge in [-0.2, -0.15) is 4.57 Å². The van der Waals surface area contributed by atoms with Crippen LogP contribution in [0.2, 0.25) is 0 Å². The molecule has 0 bridgehead atoms. The fourth-order valence-corrected chi connectivity index (χ4v) is 6.24. The Morgan fingerprint density at radius 2 is 1.80 bits per heavy atom. The van der Waals surface area contributed by atoms with Crippen molar-refractivity contribution in [3.63, 3.8) is 0 Å². The standard InChI is InChI=1S/C26H25N2S2/c1-26(2)17-19-11-10-14-22-25(19)28(18-26)24(30-22)16-7-5-3-4-6-15-23-27-20-12-8-9-13-21(20)29-23/h3-14,16H,15,17-18H2,1-2H3/q+1. The summed E-state index contributed by atoms with van der Waals surface area (Å²) in [5, 5.41) is 2.49. The lowest BCUT2D eigenvalue weighted by Gasteiger charge is -2.25. The highest BCUT2D eigenvalue weighted by Gasteiger charge is 2.35. The zero-order valence-corrected chi connectivity index (χ0v) is 19.0. The van der Waals surface area contributed by atoms with E-state index in [4.69, 9.17) is 0 Å². The van der Waals surface area contributed by atoms with Crippen molar-refractivity contribution in [2.45, 2.75) is 33.2 Å². The van der Waals surface area contributed by atoms with Gasteiger partial charge in [-0.05, 0) is 24.6 Å². The number of hydrogen-bond donors (Lipinski definition) is 0. The minimum atomic E-state index is 0.300. The summed E-state index contributed by atoms with van der Waals surface area (Å²) in [7, 11) is 0. The second-order valence-electron chi connectivity index (χ2n) is 8.58. The number of aromatic nitrogens is 2. The molecule has 2 aromatic carbocycles. The Hall–Kier alpha value is -2.56. The number of allylic oxidation sites excluding steroid dienone is 5. The Morgan fingerprint density at radius 3 is 2.70 bits per heavy atom. The predicted octanol–water partition coefficient (Wildman–Crippen LogP) is 6.75. The molecule has 1 aliphatic heterocycles. The van der Waals surface area contributed by atoms with E-state index in [0.29, 0.717) is 5.41 Å². The molecule has 2 aromatic heterocycles. The van der Waals surface area contributed by atoms with E-state index in [1.807, 2.05) is 17.4 Å². The predicted molar refractivity (Wildman–Crippen MR) is 130 cm³/mol. The maximum Gasteiger partial charge on any atom is 0.262 e. The van der Waals surface area contributed by atoms with Crippen molar-refractivity contribution in [2.75, 3.05) is 0 Å². The smallest absolute Gasteiger partial charge is 0.241 e. The number of benzene rings is 2. The van der Waals surface area contributed by atoms with E-state index in [0.717, 1.165) is 29.9 Å². The number of para-hydroxylation sites is 2. The lowest BCUT2D eigenvalue weighted by atomic mass is 9.83. The van der Waals surface area contributed by atoms with Gasteiger partial charge >= 0.3 is 0 Å². The summed E-state index contributed by atoms with van der Waals surface area (Å²) in [5.41, 5.74) is 4.31. The number of thiazole rings is 2. The zero-order chi connectivity index (χ0) is 20.6. The highest BCUT2D eigenvalue weighted by atomic mass is 32.1. The Kier molecular flexibility index (Phi) is 5.13. The fraction of sp³-hybridized carbons (Fsp3) is 0.231. The number of nitrogens with zero attached hydrogens (tertiary/aromatic N) is 2. The van der Waals surface area contributed by atoms with Crippen LogP contribution in [0.4, 0.5) is 0 Å². The molecule has 1 aliphatic rings. The molecule has 0 aliphatic carbocycles. The average Bonchev–Trinajstić information content (AvgIpc) is 3.28. The Bertz CT molecular complexity index is 1270. The van der Waals surface area contributed by atoms with Gasteiger partial charge < -0.3 is 0 Å². The third-order valence-electron chi connectivity index (χ3n) is 5.43. The van der Waals surface area contributed by atoms with Crippen LogP contribution < -0.4 is 4.57 Å². The Labute approximate surface area is 185 Å². The van der Waals surface area contributed by atoms with Crippen molar-refractivity contribution in [1.29, 1.82) is 0 Å². The van der Waals surface area contributed by atoms with E-state index in [9.17, 15) is 0 Å². The van der Waals surface area contributed by atoms with Crippen molar-refractivity contribution in [3.05, 3.63) is 88.4 Å². The van der Waals surface area contributed by atoms with Crippen molar-refractivity contribution in [1.82, 2.24) is 4.98 Å².